The SMILES string of the molecule is COC(C)(C)c1noc(C2CCC(N)C2)n1. The Morgan fingerprint density at radius 1 is 1.44 bits per heavy atom. The third kappa shape index (κ3) is 2.10. The molecule has 2 rings (SSSR count). The number of aromatic nitrogens is 2. The number of rotatable bonds is 3. The van der Waals surface area contributed by atoms with E-state index in [1.165, 1.54) is 0 Å². The second kappa shape index (κ2) is 4.14. The van der Waals surface area contributed by atoms with Gasteiger partial charge in [-0.25, -0.2) is 0 Å². The van der Waals surface area contributed by atoms with Crippen LogP contribution in [-0.4, -0.2) is 23.3 Å². The molecule has 1 aromatic heterocycles. The molecule has 0 amide bonds. The molecule has 0 saturated heterocycles. The van der Waals surface area contributed by atoms with E-state index in [-0.39, 0.29) is 6.04 Å². The molecule has 16 heavy (non-hydrogen) atoms. The summed E-state index contributed by atoms with van der Waals surface area (Å²) in [5.74, 6) is 1.63. The second-order valence-electron chi connectivity index (χ2n) is 4.94. The topological polar surface area (TPSA) is 74.2 Å². The van der Waals surface area contributed by atoms with Crippen LogP contribution >= 0.6 is 0 Å². The highest BCUT2D eigenvalue weighted by molar-refractivity contribution is 5.03. The van der Waals surface area contributed by atoms with Crippen LogP contribution in [0.4, 0.5) is 0 Å². The van der Waals surface area contributed by atoms with E-state index in [0.717, 1.165) is 19.3 Å². The molecular weight excluding hydrogens is 206 g/mol. The monoisotopic (exact) mass is 225 g/mol. The molecule has 1 aliphatic carbocycles. The van der Waals surface area contributed by atoms with E-state index >= 15 is 0 Å². The number of methoxy groups -OCH3 is 1. The van der Waals surface area contributed by atoms with Crippen LogP contribution in [-0.2, 0) is 10.3 Å². The summed E-state index contributed by atoms with van der Waals surface area (Å²) in [6, 6.07) is 0.274. The van der Waals surface area contributed by atoms with Gasteiger partial charge < -0.3 is 15.0 Å². The van der Waals surface area contributed by atoms with E-state index in [2.05, 4.69) is 10.1 Å². The minimum Gasteiger partial charge on any atom is -0.371 e. The van der Waals surface area contributed by atoms with Gasteiger partial charge in [0.1, 0.15) is 5.60 Å². The maximum atomic E-state index is 5.87. The van der Waals surface area contributed by atoms with E-state index in [1.807, 2.05) is 13.8 Å². The van der Waals surface area contributed by atoms with E-state index in [1.54, 1.807) is 7.11 Å². The highest BCUT2D eigenvalue weighted by Gasteiger charge is 2.31. The molecule has 0 aromatic carbocycles. The van der Waals surface area contributed by atoms with Crippen molar-refractivity contribution in [3.63, 3.8) is 0 Å². The van der Waals surface area contributed by atoms with Crippen molar-refractivity contribution in [1.82, 2.24) is 10.1 Å². The number of nitrogens with two attached hydrogens (primary N) is 1. The predicted molar refractivity (Wildman–Crippen MR) is 58.9 cm³/mol. The van der Waals surface area contributed by atoms with E-state index in [4.69, 9.17) is 15.0 Å². The molecule has 2 unspecified atom stereocenters. The lowest BCUT2D eigenvalue weighted by atomic mass is 10.1. The van der Waals surface area contributed by atoms with Crippen LogP contribution in [0.25, 0.3) is 0 Å². The first-order valence-electron chi connectivity index (χ1n) is 5.67. The van der Waals surface area contributed by atoms with E-state index in [0.29, 0.717) is 17.6 Å². The molecule has 1 aromatic rings. The molecule has 1 fully saturated rings. The van der Waals surface area contributed by atoms with Crippen molar-refractivity contribution in [3.8, 4) is 0 Å². The van der Waals surface area contributed by atoms with Crippen LogP contribution in [0.3, 0.4) is 0 Å². The summed E-state index contributed by atoms with van der Waals surface area (Å²) in [4.78, 5) is 4.41. The van der Waals surface area contributed by atoms with Gasteiger partial charge in [-0.3, -0.25) is 0 Å². The summed E-state index contributed by atoms with van der Waals surface area (Å²) < 4.78 is 10.6. The Balaban J connectivity index is 2.14. The molecule has 0 radical (unpaired) electrons. The Kier molecular flexibility index (Phi) is 2.99. The maximum absolute atomic E-state index is 5.87. The molecule has 1 heterocycles. The van der Waals surface area contributed by atoms with Crippen LogP contribution in [0.5, 0.6) is 0 Å². The lowest BCUT2D eigenvalue weighted by Crippen LogP contribution is -2.21. The highest BCUT2D eigenvalue weighted by Crippen LogP contribution is 2.33. The molecule has 2 N–H and O–H groups in total. The molecule has 5 heteroatoms. The van der Waals surface area contributed by atoms with Crippen molar-refractivity contribution >= 4 is 0 Å². The molecular formula is C11H19N3O2. The number of hydrogen-bond acceptors (Lipinski definition) is 5. The average molecular weight is 225 g/mol. The lowest BCUT2D eigenvalue weighted by molar-refractivity contribution is 0.00973. The predicted octanol–water partition coefficient (Wildman–Crippen LogP) is 1.55. The molecule has 2 atom stereocenters. The average Bonchev–Trinajstić information content (AvgIpc) is 2.85. The summed E-state index contributed by atoms with van der Waals surface area (Å²) in [5, 5.41) is 3.98. The molecule has 0 aliphatic heterocycles. The first kappa shape index (κ1) is 11.5. The Bertz CT molecular complexity index is 362. The van der Waals surface area contributed by atoms with Gasteiger partial charge in [-0.15, -0.1) is 0 Å². The minimum absolute atomic E-state index is 0.274. The van der Waals surface area contributed by atoms with Gasteiger partial charge >= 0.3 is 0 Å². The van der Waals surface area contributed by atoms with Gasteiger partial charge in [0.05, 0.1) is 0 Å². The Hall–Kier alpha value is -0.940. The van der Waals surface area contributed by atoms with Gasteiger partial charge in [0.25, 0.3) is 0 Å². The summed E-state index contributed by atoms with van der Waals surface area (Å²) in [6.45, 7) is 3.84. The molecule has 1 aliphatic rings. The Morgan fingerprint density at radius 3 is 2.75 bits per heavy atom. The molecule has 5 nitrogen and oxygen atoms in total. The number of hydrogen-bond donors (Lipinski definition) is 1. The van der Waals surface area contributed by atoms with Crippen molar-refractivity contribution in [1.29, 1.82) is 0 Å². The van der Waals surface area contributed by atoms with Gasteiger partial charge in [0.2, 0.25) is 11.7 Å². The van der Waals surface area contributed by atoms with Crippen molar-refractivity contribution < 1.29 is 9.26 Å². The van der Waals surface area contributed by atoms with Gasteiger partial charge in [-0.05, 0) is 33.1 Å². The molecule has 90 valence electrons. The van der Waals surface area contributed by atoms with Crippen LogP contribution in [0.2, 0.25) is 0 Å². The molecule has 0 spiro atoms. The number of ether oxygens (including phenoxy) is 1. The van der Waals surface area contributed by atoms with Crippen LogP contribution in [0, 0.1) is 0 Å². The third-order valence-electron chi connectivity index (χ3n) is 3.31. The Morgan fingerprint density at radius 2 is 2.19 bits per heavy atom. The van der Waals surface area contributed by atoms with Gasteiger partial charge in [-0.1, -0.05) is 5.16 Å². The van der Waals surface area contributed by atoms with E-state index < -0.39 is 5.60 Å². The zero-order chi connectivity index (χ0) is 11.8. The Labute approximate surface area is 95.3 Å². The maximum Gasteiger partial charge on any atom is 0.229 e. The van der Waals surface area contributed by atoms with Crippen molar-refractivity contribution in [2.45, 2.75) is 50.7 Å². The first-order chi connectivity index (χ1) is 7.53. The fourth-order valence-electron chi connectivity index (χ4n) is 1.98. The standard InChI is InChI=1S/C11H19N3O2/c1-11(2,15-3)10-13-9(16-14-10)7-4-5-8(12)6-7/h7-8H,4-6,12H2,1-3H3. The van der Waals surface area contributed by atoms with Crippen molar-refractivity contribution in [2.75, 3.05) is 7.11 Å². The second-order valence-corrected chi connectivity index (χ2v) is 4.94. The van der Waals surface area contributed by atoms with Crippen LogP contribution in [0.15, 0.2) is 4.52 Å². The quantitative estimate of drug-likeness (QED) is 0.844. The zero-order valence-corrected chi connectivity index (χ0v) is 10.1. The minimum atomic E-state index is -0.498. The van der Waals surface area contributed by atoms with Gasteiger partial charge in [0, 0.05) is 19.1 Å². The smallest absolute Gasteiger partial charge is 0.229 e. The zero-order valence-electron chi connectivity index (χ0n) is 10.1. The molecule has 0 bridgehead atoms. The fraction of sp³-hybridized carbons (Fsp3) is 0.818. The third-order valence-corrected chi connectivity index (χ3v) is 3.31. The van der Waals surface area contributed by atoms with Crippen LogP contribution in [0.1, 0.15) is 50.7 Å². The summed E-state index contributed by atoms with van der Waals surface area (Å²) in [6.07, 6.45) is 3.02. The van der Waals surface area contributed by atoms with Gasteiger partial charge in [-0.2, -0.15) is 4.98 Å². The van der Waals surface area contributed by atoms with E-state index in [9.17, 15) is 0 Å². The molecule has 1 saturated carbocycles. The van der Waals surface area contributed by atoms with Gasteiger partial charge in [0.15, 0.2) is 0 Å². The fourth-order valence-corrected chi connectivity index (χ4v) is 1.98. The summed E-state index contributed by atoms with van der Waals surface area (Å²) in [5.41, 5.74) is 5.37. The van der Waals surface area contributed by atoms with Crippen molar-refractivity contribution in [3.05, 3.63) is 11.7 Å². The normalized spacial score (nSPS) is 26.2. The summed E-state index contributed by atoms with van der Waals surface area (Å²) >= 11 is 0. The van der Waals surface area contributed by atoms with Crippen LogP contribution < -0.4 is 5.73 Å². The van der Waals surface area contributed by atoms with Crippen molar-refractivity contribution in [2.24, 2.45) is 5.73 Å². The first-order valence-corrected chi connectivity index (χ1v) is 5.67. The lowest BCUT2D eigenvalue weighted by Gasteiger charge is -2.17. The highest BCUT2D eigenvalue weighted by atomic mass is 16.5. The largest absolute Gasteiger partial charge is 0.371 e. The summed E-state index contributed by atoms with van der Waals surface area (Å²) in [7, 11) is 1.64. The number of nitrogens with zero attached hydrogens (tertiary/aromatic N) is 2.